The van der Waals surface area contributed by atoms with Gasteiger partial charge in [-0.1, -0.05) is 39.5 Å². The zero-order valence-electron chi connectivity index (χ0n) is 17.2. The van der Waals surface area contributed by atoms with Crippen molar-refractivity contribution in [3.8, 4) is 0 Å². The molecule has 1 amide bonds. The van der Waals surface area contributed by atoms with Gasteiger partial charge in [-0.05, 0) is 48.8 Å². The van der Waals surface area contributed by atoms with Crippen molar-refractivity contribution in [1.29, 1.82) is 0 Å². The molecule has 5 nitrogen and oxygen atoms in total. The highest BCUT2D eigenvalue weighted by atomic mass is 79.9. The molecular formula is C19H32BrF3N4O. The molecule has 0 aromatic carbocycles. The van der Waals surface area contributed by atoms with Crippen molar-refractivity contribution < 1.29 is 18.0 Å². The second-order valence-electron chi connectivity index (χ2n) is 7.22. The van der Waals surface area contributed by atoms with Crippen molar-refractivity contribution in [2.75, 3.05) is 19.6 Å². The van der Waals surface area contributed by atoms with E-state index in [2.05, 4.69) is 45.1 Å². The van der Waals surface area contributed by atoms with E-state index in [9.17, 15) is 18.0 Å². The lowest BCUT2D eigenvalue weighted by atomic mass is 10.2. The minimum Gasteiger partial charge on any atom is -0.347 e. The largest absolute Gasteiger partial charge is 0.434 e. The number of hydrogen-bond donors (Lipinski definition) is 1. The van der Waals surface area contributed by atoms with Crippen LogP contribution in [0.4, 0.5) is 13.2 Å². The first-order chi connectivity index (χ1) is 13.1. The van der Waals surface area contributed by atoms with Crippen LogP contribution >= 0.6 is 15.9 Å². The Labute approximate surface area is 174 Å². The second kappa shape index (κ2) is 11.8. The molecule has 0 saturated heterocycles. The summed E-state index contributed by atoms with van der Waals surface area (Å²) in [5, 5.41) is 6.54. The molecule has 1 aromatic heterocycles. The number of halogens is 4. The first kappa shape index (κ1) is 24.9. The van der Waals surface area contributed by atoms with Gasteiger partial charge in [-0.15, -0.1) is 0 Å². The van der Waals surface area contributed by atoms with Gasteiger partial charge in [0.05, 0.1) is 4.47 Å². The van der Waals surface area contributed by atoms with E-state index in [0.29, 0.717) is 11.2 Å². The lowest BCUT2D eigenvalue weighted by Crippen LogP contribution is -2.43. The molecule has 0 aliphatic rings. The van der Waals surface area contributed by atoms with Crippen molar-refractivity contribution in [1.82, 2.24) is 20.0 Å². The molecule has 0 fully saturated rings. The standard InChI is InChI=1S/C19H32BrF3N4O/c1-5-7-9-11-27(12-10-8-6-2)13-14(3)24-18(28)16-15(20)17(19(21,22)23)26(4)25-16/h14H,5-13H2,1-4H3,(H,24,28). The summed E-state index contributed by atoms with van der Waals surface area (Å²) >= 11 is 2.89. The van der Waals surface area contributed by atoms with Crippen LogP contribution in [0.3, 0.4) is 0 Å². The molecule has 0 aliphatic carbocycles. The van der Waals surface area contributed by atoms with Crippen molar-refractivity contribution in [3.05, 3.63) is 15.9 Å². The number of nitrogens with one attached hydrogen (secondary N) is 1. The number of hydrogen-bond acceptors (Lipinski definition) is 3. The minimum absolute atomic E-state index is 0.195. The maximum Gasteiger partial charge on any atom is 0.434 e. The van der Waals surface area contributed by atoms with E-state index < -0.39 is 17.8 Å². The number of aromatic nitrogens is 2. The Morgan fingerprint density at radius 3 is 2.14 bits per heavy atom. The van der Waals surface area contributed by atoms with Gasteiger partial charge in [0.25, 0.3) is 5.91 Å². The van der Waals surface area contributed by atoms with Crippen LogP contribution in [0.15, 0.2) is 4.47 Å². The number of carbonyl (C=O) groups is 1. The lowest BCUT2D eigenvalue weighted by Gasteiger charge is -2.26. The quantitative estimate of drug-likeness (QED) is 0.439. The van der Waals surface area contributed by atoms with Crippen molar-refractivity contribution >= 4 is 21.8 Å². The first-order valence-electron chi connectivity index (χ1n) is 9.94. The molecule has 0 bridgehead atoms. The van der Waals surface area contributed by atoms with E-state index in [4.69, 9.17) is 0 Å². The van der Waals surface area contributed by atoms with Crippen LogP contribution in [0, 0.1) is 0 Å². The summed E-state index contributed by atoms with van der Waals surface area (Å²) in [4.78, 5) is 14.8. The molecule has 0 radical (unpaired) electrons. The van der Waals surface area contributed by atoms with Gasteiger partial charge >= 0.3 is 6.18 Å². The fourth-order valence-electron chi connectivity index (χ4n) is 3.14. The predicted octanol–water partition coefficient (Wildman–Crippen LogP) is 5.00. The van der Waals surface area contributed by atoms with E-state index in [1.54, 1.807) is 0 Å². The van der Waals surface area contributed by atoms with Gasteiger partial charge in [0.1, 0.15) is 0 Å². The number of aryl methyl sites for hydroxylation is 1. The highest BCUT2D eigenvalue weighted by molar-refractivity contribution is 9.10. The second-order valence-corrected chi connectivity index (χ2v) is 8.01. The molecule has 1 aromatic rings. The summed E-state index contributed by atoms with van der Waals surface area (Å²) in [6.07, 6.45) is 2.22. The Morgan fingerprint density at radius 2 is 1.71 bits per heavy atom. The van der Waals surface area contributed by atoms with Crippen LogP contribution < -0.4 is 5.32 Å². The molecule has 1 rings (SSSR count). The average Bonchev–Trinajstić information content (AvgIpc) is 2.89. The molecule has 1 N–H and O–H groups in total. The van der Waals surface area contributed by atoms with Gasteiger partial charge in [-0.25, -0.2) is 0 Å². The molecule has 9 heteroatoms. The number of rotatable bonds is 12. The zero-order chi connectivity index (χ0) is 21.3. The Balaban J connectivity index is 2.73. The summed E-state index contributed by atoms with van der Waals surface area (Å²) in [5.41, 5.74) is -1.21. The highest BCUT2D eigenvalue weighted by Gasteiger charge is 2.39. The average molecular weight is 469 g/mol. The molecule has 162 valence electrons. The van der Waals surface area contributed by atoms with Crippen LogP contribution in [-0.2, 0) is 13.2 Å². The summed E-state index contributed by atoms with van der Waals surface area (Å²) in [6.45, 7) is 8.77. The predicted molar refractivity (Wildman–Crippen MR) is 108 cm³/mol. The molecule has 0 spiro atoms. The topological polar surface area (TPSA) is 50.2 Å². The maximum absolute atomic E-state index is 13.1. The van der Waals surface area contributed by atoms with Crippen LogP contribution in [0.5, 0.6) is 0 Å². The first-order valence-corrected chi connectivity index (χ1v) is 10.7. The number of carbonyl (C=O) groups excluding carboxylic acids is 1. The van der Waals surface area contributed by atoms with E-state index in [-0.39, 0.29) is 16.2 Å². The van der Waals surface area contributed by atoms with E-state index in [0.717, 1.165) is 51.6 Å². The molecule has 1 unspecified atom stereocenters. The third kappa shape index (κ3) is 7.73. The van der Waals surface area contributed by atoms with E-state index in [1.807, 2.05) is 6.92 Å². The molecule has 1 atom stereocenters. The van der Waals surface area contributed by atoms with Gasteiger partial charge in [0.15, 0.2) is 11.4 Å². The number of nitrogens with zero attached hydrogens (tertiary/aromatic N) is 3. The molecule has 1 heterocycles. The normalized spacial score (nSPS) is 13.2. The van der Waals surface area contributed by atoms with Crippen LogP contribution in [-0.4, -0.2) is 46.3 Å². The number of unbranched alkanes of at least 4 members (excludes halogenated alkanes) is 4. The van der Waals surface area contributed by atoms with Crippen LogP contribution in [0.2, 0.25) is 0 Å². The fourth-order valence-corrected chi connectivity index (χ4v) is 3.88. The highest BCUT2D eigenvalue weighted by Crippen LogP contribution is 2.36. The maximum atomic E-state index is 13.1. The fraction of sp³-hybridized carbons (Fsp3) is 0.789. The zero-order valence-corrected chi connectivity index (χ0v) is 18.8. The summed E-state index contributed by atoms with van der Waals surface area (Å²) in [5.74, 6) is -0.604. The minimum atomic E-state index is -4.58. The Hall–Kier alpha value is -1.09. The monoisotopic (exact) mass is 468 g/mol. The molecule has 28 heavy (non-hydrogen) atoms. The summed E-state index contributed by atoms with van der Waals surface area (Å²) in [7, 11) is 1.18. The van der Waals surface area contributed by atoms with Gasteiger partial charge in [0, 0.05) is 19.6 Å². The molecular weight excluding hydrogens is 437 g/mol. The molecule has 0 saturated carbocycles. The van der Waals surface area contributed by atoms with E-state index >= 15 is 0 Å². The lowest BCUT2D eigenvalue weighted by molar-refractivity contribution is -0.144. The van der Waals surface area contributed by atoms with Crippen LogP contribution in [0.1, 0.15) is 75.5 Å². The third-order valence-corrected chi connectivity index (χ3v) is 5.29. The van der Waals surface area contributed by atoms with Crippen molar-refractivity contribution in [2.45, 2.75) is 71.5 Å². The third-order valence-electron chi connectivity index (χ3n) is 4.54. The summed E-state index contributed by atoms with van der Waals surface area (Å²) < 4.78 is 39.6. The van der Waals surface area contributed by atoms with Gasteiger partial charge in [0.2, 0.25) is 0 Å². The van der Waals surface area contributed by atoms with Crippen LogP contribution in [0.25, 0.3) is 0 Å². The van der Waals surface area contributed by atoms with Crippen molar-refractivity contribution in [2.24, 2.45) is 7.05 Å². The number of amides is 1. The number of alkyl halides is 3. The Kier molecular flexibility index (Phi) is 10.5. The SMILES string of the molecule is CCCCCN(CCCCC)CC(C)NC(=O)c1nn(C)c(C(F)(F)F)c1Br. The van der Waals surface area contributed by atoms with Gasteiger partial charge < -0.3 is 10.2 Å². The Morgan fingerprint density at radius 1 is 1.18 bits per heavy atom. The van der Waals surface area contributed by atoms with Gasteiger partial charge in [-0.3, -0.25) is 9.48 Å². The Bertz CT molecular complexity index is 609. The smallest absolute Gasteiger partial charge is 0.347 e. The van der Waals surface area contributed by atoms with Gasteiger partial charge in [-0.2, -0.15) is 18.3 Å². The van der Waals surface area contributed by atoms with E-state index in [1.165, 1.54) is 7.05 Å². The molecule has 0 aliphatic heterocycles. The summed E-state index contributed by atoms with van der Waals surface area (Å²) in [6, 6.07) is -0.195. The van der Waals surface area contributed by atoms with Crippen molar-refractivity contribution in [3.63, 3.8) is 0 Å².